The molecule has 0 heterocycles. The first kappa shape index (κ1) is 76.2. The number of allylic oxidation sites excluding steroid dienone is 24. The van der Waals surface area contributed by atoms with Crippen LogP contribution in [0.25, 0.3) is 0 Å². The average molecular weight is 1120 g/mol. The number of carboxylic acid groups (broad SMARTS) is 1. The van der Waals surface area contributed by atoms with Crippen LogP contribution < -0.4 is 5.11 Å². The molecule has 458 valence electrons. The van der Waals surface area contributed by atoms with Gasteiger partial charge in [-0.05, 0) is 122 Å². The number of carbonyl (C=O) groups excluding carboxylic acids is 3. The molecule has 2 atom stereocenters. The smallest absolute Gasteiger partial charge is 0.306 e. The Morgan fingerprint density at radius 2 is 0.704 bits per heavy atom. The second-order valence-electron chi connectivity index (χ2n) is 22.0. The summed E-state index contributed by atoms with van der Waals surface area (Å²) in [6, 6.07) is 0. The van der Waals surface area contributed by atoms with Crippen molar-refractivity contribution in [2.45, 2.75) is 245 Å². The van der Waals surface area contributed by atoms with E-state index in [2.05, 4.69) is 160 Å². The number of hydrogen-bond donors (Lipinski definition) is 0. The topological polar surface area (TPSA) is 111 Å². The van der Waals surface area contributed by atoms with Crippen molar-refractivity contribution >= 4 is 17.9 Å². The fourth-order valence-electron chi connectivity index (χ4n) is 8.18. The lowest BCUT2D eigenvalue weighted by atomic mass is 10.1. The van der Waals surface area contributed by atoms with E-state index in [0.717, 1.165) is 122 Å². The third-order valence-electron chi connectivity index (χ3n) is 13.1. The maximum atomic E-state index is 12.9. The van der Waals surface area contributed by atoms with Gasteiger partial charge < -0.3 is 33.3 Å². The molecule has 0 N–H and O–H groups in total. The van der Waals surface area contributed by atoms with Crippen molar-refractivity contribution in [1.29, 1.82) is 0 Å². The minimum atomic E-state index is -1.64. The van der Waals surface area contributed by atoms with Crippen molar-refractivity contribution in [2.24, 2.45) is 0 Å². The molecule has 0 saturated carbocycles. The Balaban J connectivity index is 4.33. The second-order valence-corrected chi connectivity index (χ2v) is 22.0. The van der Waals surface area contributed by atoms with Gasteiger partial charge in [0.1, 0.15) is 13.2 Å². The van der Waals surface area contributed by atoms with Crippen LogP contribution in [0.4, 0.5) is 0 Å². The number of ether oxygens (including phenoxy) is 4. The van der Waals surface area contributed by atoms with Crippen LogP contribution in [-0.4, -0.2) is 82.3 Å². The Labute approximate surface area is 496 Å². The summed E-state index contributed by atoms with van der Waals surface area (Å²) in [6.45, 7) is 4.56. The predicted molar refractivity (Wildman–Crippen MR) is 342 cm³/mol. The minimum Gasteiger partial charge on any atom is -0.545 e. The van der Waals surface area contributed by atoms with E-state index in [-0.39, 0.29) is 38.6 Å². The second kappa shape index (κ2) is 61.2. The Morgan fingerprint density at radius 1 is 0.383 bits per heavy atom. The van der Waals surface area contributed by atoms with Gasteiger partial charge in [-0.15, -0.1) is 0 Å². The van der Waals surface area contributed by atoms with Gasteiger partial charge >= 0.3 is 11.9 Å². The van der Waals surface area contributed by atoms with E-state index in [1.807, 2.05) is 21.1 Å². The summed E-state index contributed by atoms with van der Waals surface area (Å²) in [6.07, 6.45) is 86.2. The van der Waals surface area contributed by atoms with E-state index in [1.54, 1.807) is 0 Å². The number of quaternary nitrogens is 1. The first-order valence-electron chi connectivity index (χ1n) is 32.0. The lowest BCUT2D eigenvalue weighted by Gasteiger charge is -2.26. The van der Waals surface area contributed by atoms with Crippen molar-refractivity contribution in [2.75, 3.05) is 47.5 Å². The molecular formula is C72H117NO8. The molecule has 0 radical (unpaired) electrons. The molecule has 0 bridgehead atoms. The van der Waals surface area contributed by atoms with Gasteiger partial charge in [0.25, 0.3) is 0 Å². The number of aliphatic carboxylic acids is 1. The summed E-state index contributed by atoms with van der Waals surface area (Å²) < 4.78 is 22.7. The van der Waals surface area contributed by atoms with E-state index in [9.17, 15) is 19.5 Å². The third-order valence-corrected chi connectivity index (χ3v) is 13.1. The SMILES string of the molecule is CC/C=C\C/C=C\C/C=C\C/C=C\C/C=C\C/C=C\C/C=C\C/C=C\C/C=C\CCCCCC(=O)OC(COC(=O)CCCCCCCCCCCC/C=C\C/C=C\C/C=C\CCCCCCC)COC(OCC[N+](C)(C)C)C(=O)[O-]. The van der Waals surface area contributed by atoms with Crippen molar-refractivity contribution in [1.82, 2.24) is 0 Å². The molecule has 0 aliphatic rings. The summed E-state index contributed by atoms with van der Waals surface area (Å²) in [4.78, 5) is 37.4. The molecule has 81 heavy (non-hydrogen) atoms. The zero-order valence-corrected chi connectivity index (χ0v) is 52.1. The molecular weight excluding hydrogens is 1010 g/mol. The van der Waals surface area contributed by atoms with Gasteiger partial charge in [-0.3, -0.25) is 9.59 Å². The number of unbranched alkanes of at least 4 members (excludes halogenated alkanes) is 18. The number of carbonyl (C=O) groups is 3. The number of hydrogen-bond acceptors (Lipinski definition) is 8. The van der Waals surface area contributed by atoms with Crippen molar-refractivity contribution < 1.29 is 42.9 Å². The number of esters is 2. The van der Waals surface area contributed by atoms with E-state index < -0.39 is 24.3 Å². The Hall–Kier alpha value is -4.83. The molecule has 2 unspecified atom stereocenters. The molecule has 0 aromatic carbocycles. The van der Waals surface area contributed by atoms with Crippen LogP contribution in [0.1, 0.15) is 232 Å². The number of rotatable bonds is 57. The molecule has 0 aromatic heterocycles. The first-order valence-corrected chi connectivity index (χ1v) is 32.0. The summed E-state index contributed by atoms with van der Waals surface area (Å²) in [7, 11) is 5.90. The van der Waals surface area contributed by atoms with Crippen molar-refractivity contribution in [3.63, 3.8) is 0 Å². The molecule has 0 fully saturated rings. The number of carboxylic acids is 1. The van der Waals surface area contributed by atoms with Crippen LogP contribution in [0, 0.1) is 0 Å². The highest BCUT2D eigenvalue weighted by atomic mass is 16.7. The van der Waals surface area contributed by atoms with Crippen LogP contribution in [0.3, 0.4) is 0 Å². The summed E-state index contributed by atoms with van der Waals surface area (Å²) in [5, 5.41) is 11.8. The molecule has 9 nitrogen and oxygen atoms in total. The predicted octanol–water partition coefficient (Wildman–Crippen LogP) is 18.2. The van der Waals surface area contributed by atoms with Crippen LogP contribution in [0.2, 0.25) is 0 Å². The molecule has 9 heteroatoms. The fourth-order valence-corrected chi connectivity index (χ4v) is 8.18. The number of nitrogens with zero attached hydrogens (tertiary/aromatic N) is 1. The third kappa shape index (κ3) is 62.6. The molecule has 0 aromatic rings. The van der Waals surface area contributed by atoms with E-state index in [1.165, 1.54) is 77.0 Å². The minimum absolute atomic E-state index is 0.132. The normalized spacial score (nSPS) is 13.7. The molecule has 0 aliphatic heterocycles. The van der Waals surface area contributed by atoms with Crippen molar-refractivity contribution in [3.05, 3.63) is 146 Å². The zero-order valence-electron chi connectivity index (χ0n) is 52.1. The largest absolute Gasteiger partial charge is 0.545 e. The van der Waals surface area contributed by atoms with Crippen LogP contribution in [0.5, 0.6) is 0 Å². The van der Waals surface area contributed by atoms with E-state index in [4.69, 9.17) is 18.9 Å². The number of likely N-dealkylation sites (N-methyl/N-ethyl adjacent to an activating group) is 1. The van der Waals surface area contributed by atoms with Gasteiger partial charge in [0.05, 0.1) is 40.3 Å². The summed E-state index contributed by atoms with van der Waals surface area (Å²) in [5.41, 5.74) is 0. The van der Waals surface area contributed by atoms with E-state index in [0.29, 0.717) is 17.4 Å². The van der Waals surface area contributed by atoms with Gasteiger partial charge in [-0.25, -0.2) is 0 Å². The summed E-state index contributed by atoms with van der Waals surface area (Å²) >= 11 is 0. The van der Waals surface area contributed by atoms with Crippen molar-refractivity contribution in [3.8, 4) is 0 Å². The van der Waals surface area contributed by atoms with Gasteiger partial charge in [-0.1, -0.05) is 243 Å². The lowest BCUT2D eigenvalue weighted by molar-refractivity contribution is -0.870. The summed E-state index contributed by atoms with van der Waals surface area (Å²) in [5.74, 6) is -2.35. The average Bonchev–Trinajstić information content (AvgIpc) is 3.44. The van der Waals surface area contributed by atoms with Gasteiger partial charge in [0, 0.05) is 12.8 Å². The Morgan fingerprint density at radius 3 is 1.06 bits per heavy atom. The molecule has 0 aliphatic carbocycles. The highest BCUT2D eigenvalue weighted by Crippen LogP contribution is 2.14. The molecule has 0 amide bonds. The standard InChI is InChI=1S/C72H117NO8/c1-6-8-10-12-14-16-18-20-22-24-26-28-30-32-33-34-35-36-37-39-41-43-45-47-49-51-53-55-57-59-61-63-70(75)81-68(67-80-72(71(76)77)78-65-64-73(3,4)5)66-79-69(74)62-60-58-56-54-52-50-48-46-44-42-40-38-31-29-27-25-23-21-19-17-15-13-11-9-7-2/h8,10,14,16,19-22,25-28,31-33,35-36,38-39,41,45,47,51,53,68,72H,6-7,9,11-13,15,17-18,23-24,29-30,34,37,40,42-44,46,48-50,52,54-67H2,1-5H3/b10-8-,16-14-,21-19-,22-20-,27-25-,28-26-,33-32-,36-35-,38-31-,41-39-,47-45-,53-51-. The first-order chi connectivity index (χ1) is 39.6. The quantitative estimate of drug-likeness (QED) is 0.0195. The zero-order chi connectivity index (χ0) is 59.1. The Bertz CT molecular complexity index is 1840. The molecule has 0 spiro atoms. The highest BCUT2D eigenvalue weighted by molar-refractivity contribution is 5.70. The van der Waals surface area contributed by atoms with Gasteiger partial charge in [0.15, 0.2) is 12.4 Å². The van der Waals surface area contributed by atoms with Crippen LogP contribution >= 0.6 is 0 Å². The highest BCUT2D eigenvalue weighted by Gasteiger charge is 2.22. The monoisotopic (exact) mass is 1120 g/mol. The van der Waals surface area contributed by atoms with E-state index >= 15 is 0 Å². The van der Waals surface area contributed by atoms with Gasteiger partial charge in [-0.2, -0.15) is 0 Å². The molecule has 0 saturated heterocycles. The van der Waals surface area contributed by atoms with Crippen LogP contribution in [-0.2, 0) is 33.3 Å². The fraction of sp³-hybridized carbons (Fsp3) is 0.625. The molecule has 0 rings (SSSR count). The van der Waals surface area contributed by atoms with Crippen LogP contribution in [0.15, 0.2) is 146 Å². The maximum Gasteiger partial charge on any atom is 0.306 e. The Kier molecular flexibility index (Phi) is 57.6. The lowest BCUT2D eigenvalue weighted by Crippen LogP contribution is -2.44. The maximum absolute atomic E-state index is 12.9. The van der Waals surface area contributed by atoms with Gasteiger partial charge in [0.2, 0.25) is 0 Å².